The molecule has 2 rings (SSSR count). The van der Waals surface area contributed by atoms with Crippen LogP contribution in [0.2, 0.25) is 0 Å². The van der Waals surface area contributed by atoms with Crippen molar-refractivity contribution in [1.29, 1.82) is 0 Å². The topological polar surface area (TPSA) is 85.4 Å². The summed E-state index contributed by atoms with van der Waals surface area (Å²) in [5.74, 6) is 0.0589. The van der Waals surface area contributed by atoms with Crippen LogP contribution in [0, 0.1) is 0 Å². The first-order valence-corrected chi connectivity index (χ1v) is 6.93. The minimum Gasteiger partial charge on any atom is -0.497 e. The van der Waals surface area contributed by atoms with Gasteiger partial charge in [-0.05, 0) is 24.1 Å². The molecule has 1 fully saturated rings. The number of nitrogens with zero attached hydrogens (tertiary/aromatic N) is 2. The van der Waals surface area contributed by atoms with E-state index in [-0.39, 0.29) is 6.42 Å². The molecule has 1 aromatic carbocycles. The van der Waals surface area contributed by atoms with Crippen molar-refractivity contribution in [1.82, 2.24) is 10.0 Å². The summed E-state index contributed by atoms with van der Waals surface area (Å²) in [4.78, 5) is 36.5. The summed E-state index contributed by atoms with van der Waals surface area (Å²) in [7, 11) is 3.83. The Morgan fingerprint density at radius 3 is 2.04 bits per heavy atom. The molecule has 1 aromatic rings. The predicted molar refractivity (Wildman–Crippen MR) is 78.5 cm³/mol. The fraction of sp³-hybridized carbons (Fsp3) is 0.400. The third-order valence-corrected chi connectivity index (χ3v) is 3.88. The quantitative estimate of drug-likeness (QED) is 0.845. The molecule has 8 nitrogen and oxygen atoms in total. The SMILES string of the molecule is CC[C@]1(c2ccc(OC)cc2)C(=O)N(C(=O)OC)N1C(=O)OC. The van der Waals surface area contributed by atoms with Gasteiger partial charge in [-0.25, -0.2) is 9.59 Å². The highest BCUT2D eigenvalue weighted by Gasteiger charge is 2.65. The van der Waals surface area contributed by atoms with Crippen LogP contribution in [0.15, 0.2) is 24.3 Å². The van der Waals surface area contributed by atoms with Crippen LogP contribution in [0.1, 0.15) is 18.9 Å². The lowest BCUT2D eigenvalue weighted by molar-refractivity contribution is -0.201. The van der Waals surface area contributed by atoms with Gasteiger partial charge in [0, 0.05) is 0 Å². The van der Waals surface area contributed by atoms with E-state index in [0.29, 0.717) is 16.3 Å². The summed E-state index contributed by atoms with van der Waals surface area (Å²) in [6.45, 7) is 1.74. The molecular weight excluding hydrogens is 304 g/mol. The van der Waals surface area contributed by atoms with Gasteiger partial charge >= 0.3 is 12.2 Å². The molecule has 1 aliphatic rings. The van der Waals surface area contributed by atoms with Gasteiger partial charge in [0.05, 0.1) is 21.3 Å². The molecule has 0 saturated carbocycles. The van der Waals surface area contributed by atoms with E-state index in [1.807, 2.05) is 0 Å². The maximum atomic E-state index is 12.6. The summed E-state index contributed by atoms with van der Waals surface area (Å²) in [6, 6.07) is 6.70. The summed E-state index contributed by atoms with van der Waals surface area (Å²) < 4.78 is 14.4. The number of rotatable bonds is 3. The smallest absolute Gasteiger partial charge is 0.436 e. The van der Waals surface area contributed by atoms with Crippen molar-refractivity contribution in [3.05, 3.63) is 29.8 Å². The lowest BCUT2D eigenvalue weighted by atomic mass is 9.81. The molecule has 0 unspecified atom stereocenters. The largest absolute Gasteiger partial charge is 0.497 e. The van der Waals surface area contributed by atoms with E-state index in [1.165, 1.54) is 14.2 Å². The summed E-state index contributed by atoms with van der Waals surface area (Å²) in [5.41, 5.74) is -0.760. The van der Waals surface area contributed by atoms with E-state index in [1.54, 1.807) is 31.2 Å². The first kappa shape index (κ1) is 16.6. The van der Waals surface area contributed by atoms with Crippen molar-refractivity contribution >= 4 is 18.1 Å². The minimum absolute atomic E-state index is 0.265. The van der Waals surface area contributed by atoms with Gasteiger partial charge in [0.15, 0.2) is 5.54 Å². The minimum atomic E-state index is -1.31. The Balaban J connectivity index is 2.51. The second-order valence-corrected chi connectivity index (χ2v) is 4.81. The molecule has 23 heavy (non-hydrogen) atoms. The fourth-order valence-corrected chi connectivity index (χ4v) is 2.68. The van der Waals surface area contributed by atoms with E-state index in [4.69, 9.17) is 9.47 Å². The first-order chi connectivity index (χ1) is 11.0. The summed E-state index contributed by atoms with van der Waals surface area (Å²) in [6.07, 6.45) is -1.51. The fourth-order valence-electron chi connectivity index (χ4n) is 2.68. The maximum Gasteiger partial charge on any atom is 0.436 e. The van der Waals surface area contributed by atoms with Gasteiger partial charge < -0.3 is 14.2 Å². The molecule has 1 saturated heterocycles. The van der Waals surface area contributed by atoms with Gasteiger partial charge in [0.1, 0.15) is 5.75 Å². The maximum absolute atomic E-state index is 12.6. The van der Waals surface area contributed by atoms with Crippen molar-refractivity contribution in [3.63, 3.8) is 0 Å². The molecule has 1 atom stereocenters. The van der Waals surface area contributed by atoms with Crippen LogP contribution in [-0.2, 0) is 19.8 Å². The van der Waals surface area contributed by atoms with Crippen LogP contribution in [0.3, 0.4) is 0 Å². The Bertz CT molecular complexity index is 629. The summed E-state index contributed by atoms with van der Waals surface area (Å²) in [5, 5.41) is 1.61. The van der Waals surface area contributed by atoms with Gasteiger partial charge in [-0.15, -0.1) is 5.01 Å². The van der Waals surface area contributed by atoms with E-state index < -0.39 is 23.6 Å². The Morgan fingerprint density at radius 1 is 1.04 bits per heavy atom. The van der Waals surface area contributed by atoms with Gasteiger partial charge in [-0.1, -0.05) is 19.1 Å². The zero-order valence-corrected chi connectivity index (χ0v) is 13.4. The number of methoxy groups -OCH3 is 3. The van der Waals surface area contributed by atoms with E-state index in [2.05, 4.69) is 4.74 Å². The zero-order valence-electron chi connectivity index (χ0n) is 13.4. The molecule has 0 aliphatic carbocycles. The first-order valence-electron chi connectivity index (χ1n) is 6.93. The van der Waals surface area contributed by atoms with E-state index in [9.17, 15) is 14.4 Å². The highest BCUT2D eigenvalue weighted by Crippen LogP contribution is 2.44. The Kier molecular flexibility index (Phi) is 4.44. The lowest BCUT2D eigenvalue weighted by Gasteiger charge is -2.54. The highest BCUT2D eigenvalue weighted by molar-refractivity contribution is 6.06. The standard InChI is InChI=1S/C15H18N2O6/c1-5-15(10-6-8-11(21-2)9-7-10)12(18)16(13(19)22-3)17(15)14(20)23-4/h6-9H,5H2,1-4H3/t15-/m0/s1. The molecule has 0 spiro atoms. The van der Waals surface area contributed by atoms with Crippen LogP contribution < -0.4 is 4.74 Å². The molecule has 8 heteroatoms. The van der Waals surface area contributed by atoms with Crippen LogP contribution in [0.5, 0.6) is 5.75 Å². The number of amides is 3. The van der Waals surface area contributed by atoms with Crippen molar-refractivity contribution < 1.29 is 28.6 Å². The monoisotopic (exact) mass is 322 g/mol. The molecule has 1 heterocycles. The number of ether oxygens (including phenoxy) is 3. The van der Waals surface area contributed by atoms with Gasteiger partial charge in [0.25, 0.3) is 5.91 Å². The molecule has 1 aliphatic heterocycles. The number of carbonyl (C=O) groups excluding carboxylic acids is 3. The lowest BCUT2D eigenvalue weighted by Crippen LogP contribution is -2.77. The van der Waals surface area contributed by atoms with Crippen LogP contribution in [-0.4, -0.2) is 49.4 Å². The van der Waals surface area contributed by atoms with Crippen molar-refractivity contribution in [2.45, 2.75) is 18.9 Å². The summed E-state index contributed by atoms with van der Waals surface area (Å²) >= 11 is 0. The molecule has 3 amide bonds. The molecule has 0 bridgehead atoms. The average molecular weight is 322 g/mol. The Morgan fingerprint density at radius 2 is 1.61 bits per heavy atom. The number of hydrogen-bond donors (Lipinski definition) is 0. The third-order valence-electron chi connectivity index (χ3n) is 3.88. The number of benzene rings is 1. The van der Waals surface area contributed by atoms with Gasteiger partial charge in [0.2, 0.25) is 0 Å². The molecule has 0 N–H and O–H groups in total. The molecule has 124 valence electrons. The van der Waals surface area contributed by atoms with Crippen LogP contribution in [0.4, 0.5) is 9.59 Å². The van der Waals surface area contributed by atoms with Crippen molar-refractivity contribution in [3.8, 4) is 5.75 Å². The molecule has 0 aromatic heterocycles. The Hall–Kier alpha value is -2.77. The normalized spacial score (nSPS) is 19.9. The van der Waals surface area contributed by atoms with E-state index >= 15 is 0 Å². The van der Waals surface area contributed by atoms with Gasteiger partial charge in [-0.3, -0.25) is 4.79 Å². The third kappa shape index (κ3) is 2.26. The Labute approximate surface area is 133 Å². The number of imide groups is 1. The predicted octanol–water partition coefficient (Wildman–Crippen LogP) is 1.89. The van der Waals surface area contributed by atoms with E-state index in [0.717, 1.165) is 12.1 Å². The number of hydrogen-bond acceptors (Lipinski definition) is 6. The van der Waals surface area contributed by atoms with Crippen molar-refractivity contribution in [2.75, 3.05) is 21.3 Å². The van der Waals surface area contributed by atoms with Gasteiger partial charge in [-0.2, -0.15) is 5.01 Å². The second kappa shape index (κ2) is 6.15. The van der Waals surface area contributed by atoms with Crippen molar-refractivity contribution in [2.24, 2.45) is 0 Å². The number of carbonyl (C=O) groups is 3. The van der Waals surface area contributed by atoms with Crippen LogP contribution in [0.25, 0.3) is 0 Å². The molecule has 0 radical (unpaired) electrons. The second-order valence-electron chi connectivity index (χ2n) is 4.81. The van der Waals surface area contributed by atoms with Crippen LogP contribution >= 0.6 is 0 Å². The number of hydrazine groups is 1. The molecular formula is C15H18N2O6. The average Bonchev–Trinajstić information content (AvgIpc) is 2.59. The highest BCUT2D eigenvalue weighted by atomic mass is 16.6. The zero-order chi connectivity index (χ0) is 17.2.